The minimum atomic E-state index is -4.68. The molecule has 1 aromatic carbocycles. The number of benzene rings is 1. The van der Waals surface area contributed by atoms with E-state index in [0.717, 1.165) is 18.4 Å². The maximum absolute atomic E-state index is 12.1. The first-order chi connectivity index (χ1) is 11.4. The monoisotopic (exact) mass is 378 g/mol. The summed E-state index contributed by atoms with van der Waals surface area (Å²) >= 11 is 0. The molecule has 8 heteroatoms. The topological polar surface area (TPSA) is 50.4 Å². The number of carbonyl (C=O) groups is 1. The molecule has 4 nitrogen and oxygen atoms in total. The summed E-state index contributed by atoms with van der Waals surface area (Å²) in [5, 5.41) is 6.61. The molecule has 2 aliphatic rings. The van der Waals surface area contributed by atoms with E-state index < -0.39 is 6.36 Å². The van der Waals surface area contributed by atoms with Gasteiger partial charge in [0.05, 0.1) is 0 Å². The van der Waals surface area contributed by atoms with E-state index in [4.69, 9.17) is 0 Å². The number of hydrogen-bond acceptors (Lipinski definition) is 3. The van der Waals surface area contributed by atoms with E-state index in [1.165, 1.54) is 25.0 Å². The summed E-state index contributed by atoms with van der Waals surface area (Å²) in [4.78, 5) is 12.1. The molecule has 25 heavy (non-hydrogen) atoms. The van der Waals surface area contributed by atoms with Crippen molar-refractivity contribution in [3.63, 3.8) is 0 Å². The van der Waals surface area contributed by atoms with E-state index in [1.54, 1.807) is 12.1 Å². The number of amides is 1. The van der Waals surface area contributed by atoms with Crippen LogP contribution in [0, 0.1) is 0 Å². The number of alkyl halides is 3. The van der Waals surface area contributed by atoms with E-state index in [0.29, 0.717) is 24.9 Å². The Hall–Kier alpha value is -1.47. The fourth-order valence-corrected chi connectivity index (χ4v) is 3.59. The molecule has 2 heterocycles. The number of fused-ring (bicyclic) bond motifs is 2. The van der Waals surface area contributed by atoms with Crippen LogP contribution < -0.4 is 15.4 Å². The van der Waals surface area contributed by atoms with Gasteiger partial charge >= 0.3 is 6.36 Å². The molecule has 2 saturated heterocycles. The van der Waals surface area contributed by atoms with Crippen molar-refractivity contribution < 1.29 is 22.7 Å². The average Bonchev–Trinajstić information content (AvgIpc) is 2.84. The highest BCUT2D eigenvalue weighted by Gasteiger charge is 2.34. The number of aryl methyl sites for hydroxylation is 1. The molecule has 0 saturated carbocycles. The maximum Gasteiger partial charge on any atom is 0.573 e. The van der Waals surface area contributed by atoms with Gasteiger partial charge in [-0.05, 0) is 49.8 Å². The van der Waals surface area contributed by atoms with Crippen LogP contribution in [0.15, 0.2) is 24.3 Å². The van der Waals surface area contributed by atoms with Crippen LogP contribution in [0.25, 0.3) is 0 Å². The number of hydrogen-bond donors (Lipinski definition) is 2. The van der Waals surface area contributed by atoms with Gasteiger partial charge in [0.25, 0.3) is 0 Å². The molecule has 0 aromatic heterocycles. The number of halogens is 4. The average molecular weight is 379 g/mol. The molecule has 0 aliphatic carbocycles. The highest BCUT2D eigenvalue weighted by molar-refractivity contribution is 5.85. The van der Waals surface area contributed by atoms with Gasteiger partial charge in [0.2, 0.25) is 5.91 Å². The molecule has 0 radical (unpaired) electrons. The summed E-state index contributed by atoms with van der Waals surface area (Å²) < 4.78 is 40.1. The van der Waals surface area contributed by atoms with E-state index in [9.17, 15) is 18.0 Å². The summed E-state index contributed by atoms with van der Waals surface area (Å²) in [5.41, 5.74) is 0.810. The van der Waals surface area contributed by atoms with Crippen LogP contribution in [-0.4, -0.2) is 30.4 Å². The lowest BCUT2D eigenvalue weighted by atomic mass is 9.99. The Morgan fingerprint density at radius 2 is 1.76 bits per heavy atom. The van der Waals surface area contributed by atoms with Crippen molar-refractivity contribution in [2.75, 3.05) is 0 Å². The predicted molar refractivity (Wildman–Crippen MR) is 89.8 cm³/mol. The SMILES string of the molecule is Cl.O=C(CCc1ccc(OC(F)(F)F)cc1)NC1CC2CCC(C1)N2. The number of rotatable bonds is 5. The van der Waals surface area contributed by atoms with Crippen LogP contribution in [0.5, 0.6) is 5.75 Å². The van der Waals surface area contributed by atoms with Gasteiger partial charge in [0.15, 0.2) is 0 Å². The van der Waals surface area contributed by atoms with Crippen molar-refractivity contribution >= 4 is 18.3 Å². The highest BCUT2D eigenvalue weighted by Crippen LogP contribution is 2.27. The van der Waals surface area contributed by atoms with Crippen molar-refractivity contribution in [3.8, 4) is 5.75 Å². The smallest absolute Gasteiger partial charge is 0.406 e. The van der Waals surface area contributed by atoms with Gasteiger partial charge in [-0.15, -0.1) is 25.6 Å². The zero-order valence-corrected chi connectivity index (χ0v) is 14.5. The second-order valence-corrected chi connectivity index (χ2v) is 6.57. The fraction of sp³-hybridized carbons (Fsp3) is 0.588. The molecular weight excluding hydrogens is 357 g/mol. The van der Waals surface area contributed by atoms with Crippen molar-refractivity contribution in [1.82, 2.24) is 10.6 Å². The Balaban J connectivity index is 0.00000225. The standard InChI is InChI=1S/C17H21F3N2O2.ClH/c18-17(19,20)24-15-6-1-11(2-7-15)3-8-16(23)22-14-9-12-4-5-13(10-14)21-12;/h1-2,6-7,12-14,21H,3-5,8-10H2,(H,22,23);1H. The van der Waals surface area contributed by atoms with E-state index in [1.807, 2.05) is 0 Å². The molecular formula is C17H22ClF3N2O2. The first-order valence-corrected chi connectivity index (χ1v) is 8.27. The van der Waals surface area contributed by atoms with E-state index >= 15 is 0 Å². The van der Waals surface area contributed by atoms with E-state index in [-0.39, 0.29) is 30.1 Å². The van der Waals surface area contributed by atoms with Gasteiger partial charge in [-0.2, -0.15) is 0 Å². The fourth-order valence-electron chi connectivity index (χ4n) is 3.59. The molecule has 2 fully saturated rings. The number of nitrogens with one attached hydrogen (secondary N) is 2. The third-order valence-corrected chi connectivity index (χ3v) is 4.64. The Morgan fingerprint density at radius 3 is 2.32 bits per heavy atom. The van der Waals surface area contributed by atoms with Crippen LogP contribution in [0.2, 0.25) is 0 Å². The molecule has 2 unspecified atom stereocenters. The van der Waals surface area contributed by atoms with Crippen LogP contribution in [0.1, 0.15) is 37.7 Å². The van der Waals surface area contributed by atoms with Gasteiger partial charge in [-0.1, -0.05) is 12.1 Å². The van der Waals surface area contributed by atoms with Crippen molar-refractivity contribution in [1.29, 1.82) is 0 Å². The number of ether oxygens (including phenoxy) is 1. The van der Waals surface area contributed by atoms with Crippen LogP contribution in [0.3, 0.4) is 0 Å². The lowest BCUT2D eigenvalue weighted by molar-refractivity contribution is -0.274. The summed E-state index contributed by atoms with van der Waals surface area (Å²) in [6, 6.07) is 6.93. The third kappa shape index (κ3) is 6.08. The Labute approximate surface area is 150 Å². The lowest BCUT2D eigenvalue weighted by Crippen LogP contribution is -2.48. The van der Waals surface area contributed by atoms with Crippen molar-refractivity contribution in [3.05, 3.63) is 29.8 Å². The lowest BCUT2D eigenvalue weighted by Gasteiger charge is -2.29. The molecule has 0 spiro atoms. The quantitative estimate of drug-likeness (QED) is 0.826. The summed E-state index contributed by atoms with van der Waals surface area (Å²) in [6.45, 7) is 0. The second kappa shape index (κ2) is 8.27. The van der Waals surface area contributed by atoms with Gasteiger partial charge < -0.3 is 15.4 Å². The molecule has 1 amide bonds. The Bertz CT molecular complexity index is 568. The van der Waals surface area contributed by atoms with Crippen molar-refractivity contribution in [2.24, 2.45) is 0 Å². The molecule has 2 aliphatic heterocycles. The maximum atomic E-state index is 12.1. The van der Waals surface area contributed by atoms with Gasteiger partial charge in [0, 0.05) is 24.5 Å². The second-order valence-electron chi connectivity index (χ2n) is 6.57. The minimum Gasteiger partial charge on any atom is -0.406 e. The summed E-state index contributed by atoms with van der Waals surface area (Å²) in [5.74, 6) is -0.252. The molecule has 3 rings (SSSR count). The third-order valence-electron chi connectivity index (χ3n) is 4.64. The zero-order chi connectivity index (χ0) is 17.2. The van der Waals surface area contributed by atoms with Gasteiger partial charge in [-0.25, -0.2) is 0 Å². The van der Waals surface area contributed by atoms with Crippen molar-refractivity contribution in [2.45, 2.75) is 63.0 Å². The largest absolute Gasteiger partial charge is 0.573 e. The molecule has 2 bridgehead atoms. The number of carbonyl (C=O) groups excluding carboxylic acids is 1. The molecule has 2 N–H and O–H groups in total. The van der Waals surface area contributed by atoms with E-state index in [2.05, 4.69) is 15.4 Å². The predicted octanol–water partition coefficient (Wildman–Crippen LogP) is 3.34. The number of piperidine rings is 1. The van der Waals surface area contributed by atoms with Gasteiger partial charge in [0.1, 0.15) is 5.75 Å². The normalized spacial score (nSPS) is 25.2. The summed E-state index contributed by atoms with van der Waals surface area (Å²) in [7, 11) is 0. The minimum absolute atomic E-state index is 0. The molecule has 2 atom stereocenters. The Morgan fingerprint density at radius 1 is 1.16 bits per heavy atom. The first-order valence-electron chi connectivity index (χ1n) is 8.27. The first kappa shape index (κ1) is 19.8. The molecule has 1 aromatic rings. The highest BCUT2D eigenvalue weighted by atomic mass is 35.5. The molecule has 140 valence electrons. The van der Waals surface area contributed by atoms with Crippen LogP contribution >= 0.6 is 12.4 Å². The Kier molecular flexibility index (Phi) is 6.57. The van der Waals surface area contributed by atoms with Gasteiger partial charge in [-0.3, -0.25) is 4.79 Å². The van der Waals surface area contributed by atoms with Crippen LogP contribution in [0.4, 0.5) is 13.2 Å². The van der Waals surface area contributed by atoms with Crippen LogP contribution in [-0.2, 0) is 11.2 Å². The zero-order valence-electron chi connectivity index (χ0n) is 13.6. The summed E-state index contributed by atoms with van der Waals surface area (Å²) in [6.07, 6.45) is 0.467.